The Balaban J connectivity index is 1.91. The van der Waals surface area contributed by atoms with E-state index in [1.54, 1.807) is 0 Å². The number of likely N-dealkylation sites (tertiary alicyclic amines) is 2. The summed E-state index contributed by atoms with van der Waals surface area (Å²) in [5, 5.41) is 0. The van der Waals surface area contributed by atoms with Crippen LogP contribution in [0.4, 0.5) is 0 Å². The number of fused-ring (bicyclic) bond motifs is 2. The van der Waals surface area contributed by atoms with Crippen LogP contribution in [0.25, 0.3) is 0 Å². The highest BCUT2D eigenvalue weighted by Gasteiger charge is 2.65. The van der Waals surface area contributed by atoms with Crippen LogP contribution in [0.1, 0.15) is 11.1 Å². The Morgan fingerprint density at radius 1 is 0.714 bits per heavy atom. The van der Waals surface area contributed by atoms with Crippen molar-refractivity contribution in [1.29, 1.82) is 0 Å². The van der Waals surface area contributed by atoms with E-state index >= 15 is 0 Å². The Morgan fingerprint density at radius 2 is 1.07 bits per heavy atom. The number of hydrogen-bond donors (Lipinski definition) is 2. The number of nitrogens with one attached hydrogen (secondary N) is 2. The number of piperidine rings is 2. The number of carbonyl (C=O) groups excluding carboxylic acids is 1. The van der Waals surface area contributed by atoms with E-state index in [9.17, 15) is 4.79 Å². The molecule has 0 radical (unpaired) electrons. The van der Waals surface area contributed by atoms with Gasteiger partial charge in [-0.05, 0) is 23.3 Å². The fourth-order valence-electron chi connectivity index (χ4n) is 5.62. The fraction of sp³-hybridized carbons (Fsp3) is 0.320. The molecule has 0 saturated carbocycles. The first kappa shape index (κ1) is 18.9. The zero-order chi connectivity index (χ0) is 19.6. The van der Waals surface area contributed by atoms with Crippen LogP contribution in [0.15, 0.2) is 86.0 Å². The van der Waals surface area contributed by atoms with Gasteiger partial charge in [0, 0.05) is 0 Å². The van der Waals surface area contributed by atoms with Gasteiger partial charge in [0.25, 0.3) is 0 Å². The molecule has 2 fully saturated rings. The molecule has 2 saturated heterocycles. The van der Waals surface area contributed by atoms with Gasteiger partial charge in [0.2, 0.25) is 0 Å². The van der Waals surface area contributed by atoms with Crippen LogP contribution in [0.5, 0.6) is 0 Å². The van der Waals surface area contributed by atoms with Gasteiger partial charge in [0.1, 0.15) is 0 Å². The fourth-order valence-corrected chi connectivity index (χ4v) is 5.62. The van der Waals surface area contributed by atoms with E-state index in [0.717, 1.165) is 50.4 Å². The van der Waals surface area contributed by atoms with Crippen molar-refractivity contribution in [1.82, 2.24) is 0 Å². The third-order valence-corrected chi connectivity index (χ3v) is 6.60. The van der Waals surface area contributed by atoms with Gasteiger partial charge in [-0.1, -0.05) is 73.8 Å². The molecule has 0 atom stereocenters. The Kier molecular flexibility index (Phi) is 5.05. The van der Waals surface area contributed by atoms with Gasteiger partial charge in [-0.3, -0.25) is 4.79 Å². The van der Waals surface area contributed by atoms with E-state index in [4.69, 9.17) is 0 Å². The maximum atomic E-state index is 14.3. The van der Waals surface area contributed by atoms with Crippen LogP contribution in [-0.4, -0.2) is 45.1 Å². The molecule has 2 aromatic rings. The van der Waals surface area contributed by atoms with Gasteiger partial charge >= 0.3 is 0 Å². The SMILES string of the molecule is C=CC[NH+]1CC2(c3ccccc3)C[NH+](CC=C)CC(c3ccccc3)(C1)C2=O. The van der Waals surface area contributed by atoms with Gasteiger partial charge in [-0.15, -0.1) is 0 Å². The second kappa shape index (κ2) is 7.50. The first-order chi connectivity index (χ1) is 13.6. The minimum atomic E-state index is -0.468. The molecule has 4 rings (SSSR count). The molecule has 0 unspecified atom stereocenters. The summed E-state index contributed by atoms with van der Waals surface area (Å²) in [4.78, 5) is 17.2. The number of Topliss-reactive ketones (excluding diaryl/α,β-unsaturated/α-hetero) is 1. The zero-order valence-corrected chi connectivity index (χ0v) is 16.5. The summed E-state index contributed by atoms with van der Waals surface area (Å²) < 4.78 is 0. The van der Waals surface area contributed by atoms with Crippen LogP contribution in [0.3, 0.4) is 0 Å². The molecule has 3 nitrogen and oxygen atoms in total. The van der Waals surface area contributed by atoms with Gasteiger partial charge in [0.15, 0.2) is 16.6 Å². The normalized spacial score (nSPS) is 31.9. The summed E-state index contributed by atoms with van der Waals surface area (Å²) in [6, 6.07) is 20.9. The first-order valence-corrected chi connectivity index (χ1v) is 10.2. The largest absolute Gasteiger partial charge is 0.329 e. The van der Waals surface area contributed by atoms with Crippen LogP contribution < -0.4 is 9.80 Å². The second-order valence-corrected chi connectivity index (χ2v) is 8.42. The summed E-state index contributed by atoms with van der Waals surface area (Å²) in [5.41, 5.74) is 1.37. The number of benzene rings is 2. The molecule has 28 heavy (non-hydrogen) atoms. The third kappa shape index (κ3) is 2.95. The van der Waals surface area contributed by atoms with E-state index in [2.05, 4.69) is 61.7 Å². The molecule has 144 valence electrons. The quantitative estimate of drug-likeness (QED) is 0.712. The average molecular weight is 375 g/mol. The third-order valence-electron chi connectivity index (χ3n) is 6.60. The molecule has 2 N–H and O–H groups in total. The average Bonchev–Trinajstić information content (AvgIpc) is 2.71. The standard InChI is InChI=1S/C25H28N2O/c1-3-15-26-17-24(21-11-7-5-8-12-21)19-27(16-4-2)20-25(18-26,23(24)28)22-13-9-6-10-14-22/h3-14H,1-2,15-20H2/p+2. The summed E-state index contributed by atoms with van der Waals surface area (Å²) in [6.07, 6.45) is 3.99. The molecule has 0 aromatic heterocycles. The van der Waals surface area contributed by atoms with Crippen molar-refractivity contribution in [2.45, 2.75) is 10.8 Å². The molecule has 2 aliphatic heterocycles. The van der Waals surface area contributed by atoms with Crippen LogP contribution in [-0.2, 0) is 15.6 Å². The first-order valence-electron chi connectivity index (χ1n) is 10.2. The molecule has 2 heterocycles. The van der Waals surface area contributed by atoms with E-state index < -0.39 is 10.8 Å². The molecule has 2 aliphatic rings. The lowest BCUT2D eigenvalue weighted by molar-refractivity contribution is -0.950. The Bertz CT molecular complexity index is 775. The molecule has 2 bridgehead atoms. The maximum absolute atomic E-state index is 14.3. The second-order valence-electron chi connectivity index (χ2n) is 8.42. The molecule has 0 aliphatic carbocycles. The number of hydrogen-bond acceptors (Lipinski definition) is 1. The van der Waals surface area contributed by atoms with Crippen molar-refractivity contribution in [3.05, 3.63) is 97.1 Å². The van der Waals surface area contributed by atoms with Crippen LogP contribution in [0.2, 0.25) is 0 Å². The zero-order valence-electron chi connectivity index (χ0n) is 16.5. The van der Waals surface area contributed by atoms with E-state index in [0.29, 0.717) is 5.78 Å². The lowest BCUT2D eigenvalue weighted by Gasteiger charge is -2.53. The number of ketones is 1. The van der Waals surface area contributed by atoms with Crippen molar-refractivity contribution >= 4 is 5.78 Å². The van der Waals surface area contributed by atoms with Gasteiger partial charge in [-0.2, -0.15) is 0 Å². The summed E-state index contributed by atoms with van der Waals surface area (Å²) in [7, 11) is 0. The molecule has 3 heteroatoms. The Morgan fingerprint density at radius 3 is 1.39 bits per heavy atom. The molecule has 0 amide bonds. The summed E-state index contributed by atoms with van der Waals surface area (Å²) in [5.74, 6) is 0.401. The highest BCUT2D eigenvalue weighted by atomic mass is 16.1. The number of rotatable bonds is 6. The lowest BCUT2D eigenvalue weighted by atomic mass is 9.57. The molecular formula is C25H30N2O+2. The summed E-state index contributed by atoms with van der Waals surface area (Å²) >= 11 is 0. The monoisotopic (exact) mass is 374 g/mol. The highest BCUT2D eigenvalue weighted by molar-refractivity contribution is 6.00. The molecular weight excluding hydrogens is 344 g/mol. The van der Waals surface area contributed by atoms with Gasteiger partial charge < -0.3 is 9.80 Å². The highest BCUT2D eigenvalue weighted by Crippen LogP contribution is 2.38. The smallest absolute Gasteiger partial charge is 0.176 e. The number of quaternary nitrogens is 2. The minimum absolute atomic E-state index is 0.401. The van der Waals surface area contributed by atoms with Crippen molar-refractivity contribution in [3.8, 4) is 0 Å². The maximum Gasteiger partial charge on any atom is 0.176 e. The predicted octanol–water partition coefficient (Wildman–Crippen LogP) is 0.601. The minimum Gasteiger partial charge on any atom is -0.329 e. The number of carbonyl (C=O) groups is 1. The van der Waals surface area contributed by atoms with Crippen molar-refractivity contribution in [2.24, 2.45) is 0 Å². The van der Waals surface area contributed by atoms with Gasteiger partial charge in [-0.25, -0.2) is 0 Å². The Hall–Kier alpha value is -2.49. The van der Waals surface area contributed by atoms with Gasteiger partial charge in [0.05, 0.1) is 39.3 Å². The lowest BCUT2D eigenvalue weighted by Crippen LogP contribution is -3.26. The van der Waals surface area contributed by atoms with E-state index in [1.807, 2.05) is 24.3 Å². The predicted molar refractivity (Wildman–Crippen MR) is 113 cm³/mol. The van der Waals surface area contributed by atoms with Crippen molar-refractivity contribution < 1.29 is 14.6 Å². The van der Waals surface area contributed by atoms with Crippen LogP contribution in [0, 0.1) is 0 Å². The molecule has 2 aromatic carbocycles. The van der Waals surface area contributed by atoms with E-state index in [-0.39, 0.29) is 0 Å². The Labute approximate surface area is 168 Å². The topological polar surface area (TPSA) is 26.0 Å². The summed E-state index contributed by atoms with van der Waals surface area (Å²) in [6.45, 7) is 13.0. The molecule has 0 spiro atoms. The van der Waals surface area contributed by atoms with Crippen molar-refractivity contribution in [2.75, 3.05) is 39.3 Å². The van der Waals surface area contributed by atoms with Crippen molar-refractivity contribution in [3.63, 3.8) is 0 Å². The van der Waals surface area contributed by atoms with E-state index in [1.165, 1.54) is 9.80 Å². The van der Waals surface area contributed by atoms with Crippen LogP contribution >= 0.6 is 0 Å².